The van der Waals surface area contributed by atoms with E-state index in [2.05, 4.69) is 5.32 Å². The second-order valence-corrected chi connectivity index (χ2v) is 6.79. The smallest absolute Gasteiger partial charge is 0.303 e. The minimum absolute atomic E-state index is 0.00639. The second kappa shape index (κ2) is 8.65. The lowest BCUT2D eigenvalue weighted by atomic mass is 9.93. The van der Waals surface area contributed by atoms with Crippen LogP contribution < -0.4 is 5.32 Å². The highest BCUT2D eigenvalue weighted by Gasteiger charge is 2.26. The van der Waals surface area contributed by atoms with E-state index in [1.165, 1.54) is 6.92 Å². The fourth-order valence-corrected chi connectivity index (χ4v) is 3.23. The third kappa shape index (κ3) is 5.89. The Hall–Kier alpha value is -2.37. The summed E-state index contributed by atoms with van der Waals surface area (Å²) in [6, 6.07) is 7.45. The number of aryl methyl sites for hydroxylation is 1. The first kappa shape index (κ1) is 19.0. The van der Waals surface area contributed by atoms with Gasteiger partial charge in [0, 0.05) is 26.4 Å². The van der Waals surface area contributed by atoms with Crippen LogP contribution in [-0.4, -0.2) is 40.9 Å². The van der Waals surface area contributed by atoms with Crippen molar-refractivity contribution in [1.82, 2.24) is 10.2 Å². The van der Waals surface area contributed by atoms with Gasteiger partial charge in [0.05, 0.1) is 12.5 Å². The summed E-state index contributed by atoms with van der Waals surface area (Å²) in [6.07, 6.45) is 1.81. The van der Waals surface area contributed by atoms with E-state index in [0.717, 1.165) is 11.1 Å². The van der Waals surface area contributed by atoms with Gasteiger partial charge in [0.15, 0.2) is 0 Å². The number of carboxylic acid groups (broad SMARTS) is 1. The van der Waals surface area contributed by atoms with E-state index in [9.17, 15) is 14.4 Å². The number of hydrogen-bond acceptors (Lipinski definition) is 3. The van der Waals surface area contributed by atoms with E-state index in [1.54, 1.807) is 4.90 Å². The lowest BCUT2D eigenvalue weighted by molar-refractivity contribution is -0.138. The summed E-state index contributed by atoms with van der Waals surface area (Å²) in [5, 5.41) is 11.7. The maximum atomic E-state index is 12.6. The number of aliphatic carboxylic acids is 1. The van der Waals surface area contributed by atoms with Crippen LogP contribution in [0, 0.1) is 12.8 Å². The van der Waals surface area contributed by atoms with Crippen LogP contribution in [0.2, 0.25) is 0 Å². The van der Waals surface area contributed by atoms with Gasteiger partial charge in [-0.25, -0.2) is 0 Å². The Morgan fingerprint density at radius 1 is 1.20 bits per heavy atom. The van der Waals surface area contributed by atoms with Crippen molar-refractivity contribution in [2.45, 2.75) is 45.6 Å². The standard InChI is InChI=1S/C19H26N2O4/c1-13-3-5-16(6-4-13)17(20-14(2)22)12-18(23)21-9-7-15(8-10-21)11-19(24)25/h3-6,15,17H,7-12H2,1-2H3,(H,20,22)(H,24,25). The van der Waals surface area contributed by atoms with Crippen LogP contribution in [-0.2, 0) is 14.4 Å². The molecule has 0 aromatic heterocycles. The van der Waals surface area contributed by atoms with E-state index >= 15 is 0 Å². The summed E-state index contributed by atoms with van der Waals surface area (Å²) in [5.74, 6) is -0.814. The number of carboxylic acids is 1. The van der Waals surface area contributed by atoms with E-state index < -0.39 is 5.97 Å². The Kier molecular flexibility index (Phi) is 6.56. The third-order valence-electron chi connectivity index (χ3n) is 4.67. The van der Waals surface area contributed by atoms with Crippen LogP contribution in [0.5, 0.6) is 0 Å². The summed E-state index contributed by atoms with van der Waals surface area (Å²) >= 11 is 0. The fraction of sp³-hybridized carbons (Fsp3) is 0.526. The van der Waals surface area contributed by atoms with Gasteiger partial charge in [-0.1, -0.05) is 29.8 Å². The van der Waals surface area contributed by atoms with Crippen LogP contribution in [0.15, 0.2) is 24.3 Å². The molecule has 1 heterocycles. The number of hydrogen-bond donors (Lipinski definition) is 2. The van der Waals surface area contributed by atoms with Crippen molar-refractivity contribution in [3.63, 3.8) is 0 Å². The molecule has 6 heteroatoms. The van der Waals surface area contributed by atoms with Crippen molar-refractivity contribution in [2.75, 3.05) is 13.1 Å². The van der Waals surface area contributed by atoms with Gasteiger partial charge in [0.25, 0.3) is 0 Å². The SMILES string of the molecule is CC(=O)NC(CC(=O)N1CCC(CC(=O)O)CC1)c1ccc(C)cc1. The zero-order chi connectivity index (χ0) is 18.4. The van der Waals surface area contributed by atoms with E-state index in [-0.39, 0.29) is 36.6 Å². The fourth-order valence-electron chi connectivity index (χ4n) is 3.23. The normalized spacial score (nSPS) is 16.3. The lowest BCUT2D eigenvalue weighted by Gasteiger charge is -2.32. The molecule has 6 nitrogen and oxygen atoms in total. The Morgan fingerprint density at radius 2 is 1.80 bits per heavy atom. The highest BCUT2D eigenvalue weighted by Crippen LogP contribution is 2.24. The van der Waals surface area contributed by atoms with Gasteiger partial charge in [-0.15, -0.1) is 0 Å². The van der Waals surface area contributed by atoms with Gasteiger partial charge in [0.1, 0.15) is 0 Å². The van der Waals surface area contributed by atoms with Crippen LogP contribution in [0.25, 0.3) is 0 Å². The molecule has 136 valence electrons. The molecule has 25 heavy (non-hydrogen) atoms. The summed E-state index contributed by atoms with van der Waals surface area (Å²) in [4.78, 5) is 36.7. The number of rotatable bonds is 6. The predicted octanol–water partition coefficient (Wildman–Crippen LogP) is 2.28. The van der Waals surface area contributed by atoms with Crippen LogP contribution in [0.4, 0.5) is 0 Å². The van der Waals surface area contributed by atoms with Crippen molar-refractivity contribution in [3.8, 4) is 0 Å². The molecule has 1 aliphatic heterocycles. The van der Waals surface area contributed by atoms with Crippen LogP contribution in [0.3, 0.4) is 0 Å². The van der Waals surface area contributed by atoms with Gasteiger partial charge in [-0.2, -0.15) is 0 Å². The number of nitrogens with one attached hydrogen (secondary N) is 1. The summed E-state index contributed by atoms with van der Waals surface area (Å²) in [7, 11) is 0. The summed E-state index contributed by atoms with van der Waals surface area (Å²) in [5.41, 5.74) is 2.03. The van der Waals surface area contributed by atoms with E-state index in [1.807, 2.05) is 31.2 Å². The quantitative estimate of drug-likeness (QED) is 0.827. The molecular formula is C19H26N2O4. The van der Waals surface area contributed by atoms with Gasteiger partial charge in [-0.05, 0) is 31.2 Å². The van der Waals surface area contributed by atoms with Crippen molar-refractivity contribution < 1.29 is 19.5 Å². The molecule has 0 spiro atoms. The van der Waals surface area contributed by atoms with Gasteiger partial charge >= 0.3 is 5.97 Å². The van der Waals surface area contributed by atoms with Crippen LogP contribution >= 0.6 is 0 Å². The predicted molar refractivity (Wildman–Crippen MR) is 93.9 cm³/mol. The number of nitrogens with zero attached hydrogens (tertiary/aromatic N) is 1. The molecule has 1 aromatic rings. The summed E-state index contributed by atoms with van der Waals surface area (Å²) < 4.78 is 0. The number of carbonyl (C=O) groups is 3. The van der Waals surface area contributed by atoms with Crippen molar-refractivity contribution in [2.24, 2.45) is 5.92 Å². The van der Waals surface area contributed by atoms with Crippen molar-refractivity contribution in [1.29, 1.82) is 0 Å². The molecule has 1 aromatic carbocycles. The number of piperidine rings is 1. The molecule has 2 rings (SSSR count). The largest absolute Gasteiger partial charge is 0.481 e. The molecule has 2 N–H and O–H groups in total. The minimum Gasteiger partial charge on any atom is -0.481 e. The Bertz CT molecular complexity index is 619. The Balaban J connectivity index is 1.96. The van der Waals surface area contributed by atoms with Gasteiger partial charge in [0.2, 0.25) is 11.8 Å². The van der Waals surface area contributed by atoms with Crippen molar-refractivity contribution >= 4 is 17.8 Å². The van der Waals surface area contributed by atoms with Gasteiger partial charge < -0.3 is 15.3 Å². The number of benzene rings is 1. The maximum Gasteiger partial charge on any atom is 0.303 e. The van der Waals surface area contributed by atoms with E-state index in [0.29, 0.717) is 25.9 Å². The maximum absolute atomic E-state index is 12.6. The second-order valence-electron chi connectivity index (χ2n) is 6.79. The molecule has 1 saturated heterocycles. The topological polar surface area (TPSA) is 86.7 Å². The Morgan fingerprint density at radius 3 is 2.32 bits per heavy atom. The molecule has 1 fully saturated rings. The van der Waals surface area contributed by atoms with Crippen molar-refractivity contribution in [3.05, 3.63) is 35.4 Å². The van der Waals surface area contributed by atoms with Crippen LogP contribution in [0.1, 0.15) is 49.8 Å². The molecule has 0 saturated carbocycles. The zero-order valence-electron chi connectivity index (χ0n) is 14.8. The molecule has 1 atom stereocenters. The first-order valence-electron chi connectivity index (χ1n) is 8.68. The van der Waals surface area contributed by atoms with E-state index in [4.69, 9.17) is 5.11 Å². The minimum atomic E-state index is -0.783. The number of amides is 2. The number of carbonyl (C=O) groups excluding carboxylic acids is 2. The first-order chi connectivity index (χ1) is 11.8. The van der Waals surface area contributed by atoms with Gasteiger partial charge in [-0.3, -0.25) is 14.4 Å². The molecule has 1 unspecified atom stereocenters. The highest BCUT2D eigenvalue weighted by atomic mass is 16.4. The zero-order valence-corrected chi connectivity index (χ0v) is 14.8. The molecule has 0 aliphatic carbocycles. The average molecular weight is 346 g/mol. The third-order valence-corrected chi connectivity index (χ3v) is 4.67. The molecular weight excluding hydrogens is 320 g/mol. The Labute approximate surface area is 148 Å². The first-order valence-corrected chi connectivity index (χ1v) is 8.68. The molecule has 2 amide bonds. The molecule has 0 bridgehead atoms. The summed E-state index contributed by atoms with van der Waals surface area (Å²) in [6.45, 7) is 4.60. The average Bonchev–Trinajstić information content (AvgIpc) is 2.54. The highest BCUT2D eigenvalue weighted by molar-refractivity contribution is 5.79. The monoisotopic (exact) mass is 346 g/mol. The number of likely N-dealkylation sites (tertiary alicyclic amines) is 1. The lowest BCUT2D eigenvalue weighted by Crippen LogP contribution is -2.41. The molecule has 0 radical (unpaired) electrons. The molecule has 1 aliphatic rings.